The smallest absolute Gasteiger partial charge is 0.357 e. The maximum Gasteiger partial charge on any atom is 0.357 e. The first-order valence-electron chi connectivity index (χ1n) is 6.76. The second-order valence-corrected chi connectivity index (χ2v) is 4.80. The van der Waals surface area contributed by atoms with Gasteiger partial charge in [-0.3, -0.25) is 5.10 Å². The van der Waals surface area contributed by atoms with Gasteiger partial charge in [0.25, 0.3) is 0 Å². The predicted molar refractivity (Wildman–Crippen MR) is 83.4 cm³/mol. The molecule has 0 fully saturated rings. The van der Waals surface area contributed by atoms with E-state index in [1.807, 2.05) is 30.3 Å². The molecule has 6 nitrogen and oxygen atoms in total. The standard InChI is InChI=1S/C16H15N3O3/c1-22-14-5-3-2-4-10(14)9-17-11-6-7-13-12(8-11)15(16(20)21)19-18-13/h2-8,17H,9H2,1H3,(H,18,19)(H,20,21). The number of hydrogen-bond acceptors (Lipinski definition) is 4. The number of benzene rings is 2. The summed E-state index contributed by atoms with van der Waals surface area (Å²) >= 11 is 0. The van der Waals surface area contributed by atoms with Crippen LogP contribution in [0.4, 0.5) is 5.69 Å². The lowest BCUT2D eigenvalue weighted by Crippen LogP contribution is -2.02. The van der Waals surface area contributed by atoms with Crippen molar-refractivity contribution in [3.05, 3.63) is 53.7 Å². The van der Waals surface area contributed by atoms with E-state index in [9.17, 15) is 4.79 Å². The van der Waals surface area contributed by atoms with E-state index in [4.69, 9.17) is 9.84 Å². The third-order valence-corrected chi connectivity index (χ3v) is 3.44. The average Bonchev–Trinajstić information content (AvgIpc) is 2.96. The molecule has 0 saturated heterocycles. The lowest BCUT2D eigenvalue weighted by molar-refractivity contribution is 0.0692. The number of aromatic nitrogens is 2. The second-order valence-electron chi connectivity index (χ2n) is 4.80. The maximum atomic E-state index is 11.1. The van der Waals surface area contributed by atoms with Crippen LogP contribution in [0.2, 0.25) is 0 Å². The van der Waals surface area contributed by atoms with Gasteiger partial charge in [0.05, 0.1) is 12.6 Å². The van der Waals surface area contributed by atoms with Crippen LogP contribution in [0.3, 0.4) is 0 Å². The molecule has 22 heavy (non-hydrogen) atoms. The van der Waals surface area contributed by atoms with Crippen molar-refractivity contribution in [2.75, 3.05) is 12.4 Å². The molecule has 1 aromatic heterocycles. The van der Waals surface area contributed by atoms with Gasteiger partial charge in [0.1, 0.15) is 5.75 Å². The van der Waals surface area contributed by atoms with Crippen LogP contribution >= 0.6 is 0 Å². The lowest BCUT2D eigenvalue weighted by atomic mass is 10.1. The van der Waals surface area contributed by atoms with Crippen molar-refractivity contribution in [2.45, 2.75) is 6.54 Å². The van der Waals surface area contributed by atoms with Gasteiger partial charge < -0.3 is 15.2 Å². The first kappa shape index (κ1) is 13.9. The van der Waals surface area contributed by atoms with Gasteiger partial charge >= 0.3 is 5.97 Å². The summed E-state index contributed by atoms with van der Waals surface area (Å²) in [5.74, 6) is -0.237. The molecule has 0 aliphatic rings. The molecule has 0 bridgehead atoms. The molecule has 0 aliphatic carbocycles. The molecular weight excluding hydrogens is 282 g/mol. The van der Waals surface area contributed by atoms with E-state index in [2.05, 4.69) is 15.5 Å². The van der Waals surface area contributed by atoms with Crippen molar-refractivity contribution in [1.82, 2.24) is 10.2 Å². The van der Waals surface area contributed by atoms with Crippen LogP contribution in [0.25, 0.3) is 10.9 Å². The number of anilines is 1. The summed E-state index contributed by atoms with van der Waals surface area (Å²) in [5.41, 5.74) is 2.56. The van der Waals surface area contributed by atoms with E-state index in [1.165, 1.54) is 0 Å². The van der Waals surface area contributed by atoms with Crippen molar-refractivity contribution < 1.29 is 14.6 Å². The zero-order valence-corrected chi connectivity index (χ0v) is 12.0. The lowest BCUT2D eigenvalue weighted by Gasteiger charge is -2.10. The number of aromatic carboxylic acids is 1. The topological polar surface area (TPSA) is 87.2 Å². The average molecular weight is 297 g/mol. The molecule has 0 radical (unpaired) electrons. The van der Waals surface area contributed by atoms with E-state index in [0.717, 1.165) is 17.0 Å². The third kappa shape index (κ3) is 2.58. The molecule has 0 aliphatic heterocycles. The summed E-state index contributed by atoms with van der Waals surface area (Å²) in [4.78, 5) is 11.1. The Labute approximate surface area is 126 Å². The Morgan fingerprint density at radius 2 is 2.14 bits per heavy atom. The summed E-state index contributed by atoms with van der Waals surface area (Å²) in [6, 6.07) is 13.2. The molecule has 0 atom stereocenters. The van der Waals surface area contributed by atoms with Crippen molar-refractivity contribution >= 4 is 22.6 Å². The van der Waals surface area contributed by atoms with Gasteiger partial charge in [-0.15, -0.1) is 0 Å². The number of hydrogen-bond donors (Lipinski definition) is 3. The van der Waals surface area contributed by atoms with Crippen LogP contribution in [0.5, 0.6) is 5.75 Å². The van der Waals surface area contributed by atoms with Gasteiger partial charge in [-0.1, -0.05) is 18.2 Å². The van der Waals surface area contributed by atoms with E-state index in [0.29, 0.717) is 17.4 Å². The highest BCUT2D eigenvalue weighted by atomic mass is 16.5. The monoisotopic (exact) mass is 297 g/mol. The van der Waals surface area contributed by atoms with Gasteiger partial charge in [0, 0.05) is 23.2 Å². The number of carboxylic acid groups (broad SMARTS) is 1. The molecule has 0 unspecified atom stereocenters. The normalized spacial score (nSPS) is 10.6. The zero-order valence-electron chi connectivity index (χ0n) is 12.0. The number of rotatable bonds is 5. The second kappa shape index (κ2) is 5.77. The number of carboxylic acids is 1. The molecule has 1 heterocycles. The molecule has 3 rings (SSSR count). The minimum atomic E-state index is -1.05. The highest BCUT2D eigenvalue weighted by Gasteiger charge is 2.13. The molecule has 0 amide bonds. The summed E-state index contributed by atoms with van der Waals surface area (Å²) in [7, 11) is 1.63. The molecule has 2 aromatic carbocycles. The Morgan fingerprint density at radius 1 is 1.32 bits per heavy atom. The van der Waals surface area contributed by atoms with E-state index < -0.39 is 5.97 Å². The number of H-pyrrole nitrogens is 1. The minimum absolute atomic E-state index is 0.0240. The van der Waals surface area contributed by atoms with E-state index >= 15 is 0 Å². The number of carbonyl (C=O) groups is 1. The largest absolute Gasteiger partial charge is 0.496 e. The Kier molecular flexibility index (Phi) is 3.65. The molecule has 112 valence electrons. The van der Waals surface area contributed by atoms with Gasteiger partial charge in [-0.25, -0.2) is 4.79 Å². The Balaban J connectivity index is 1.85. The predicted octanol–water partition coefficient (Wildman–Crippen LogP) is 2.88. The molecule has 3 N–H and O–H groups in total. The molecule has 0 spiro atoms. The summed E-state index contributed by atoms with van der Waals surface area (Å²) in [6.45, 7) is 0.579. The van der Waals surface area contributed by atoms with Crippen molar-refractivity contribution in [2.24, 2.45) is 0 Å². The Bertz CT molecular complexity index is 826. The van der Waals surface area contributed by atoms with Gasteiger partial charge in [-0.05, 0) is 24.3 Å². The minimum Gasteiger partial charge on any atom is -0.496 e. The van der Waals surface area contributed by atoms with E-state index in [1.54, 1.807) is 19.2 Å². The first-order chi connectivity index (χ1) is 10.7. The molecule has 3 aromatic rings. The first-order valence-corrected chi connectivity index (χ1v) is 6.76. The fraction of sp³-hybridized carbons (Fsp3) is 0.125. The number of fused-ring (bicyclic) bond motifs is 1. The van der Waals surface area contributed by atoms with Gasteiger partial charge in [-0.2, -0.15) is 5.10 Å². The summed E-state index contributed by atoms with van der Waals surface area (Å²) in [5, 5.41) is 19.5. The summed E-state index contributed by atoms with van der Waals surface area (Å²) in [6.07, 6.45) is 0. The van der Waals surface area contributed by atoms with Crippen LogP contribution in [-0.4, -0.2) is 28.4 Å². The number of nitrogens with one attached hydrogen (secondary N) is 2. The highest BCUT2D eigenvalue weighted by Crippen LogP contribution is 2.23. The van der Waals surface area contributed by atoms with Crippen LogP contribution < -0.4 is 10.1 Å². The van der Waals surface area contributed by atoms with E-state index in [-0.39, 0.29) is 5.69 Å². The third-order valence-electron chi connectivity index (χ3n) is 3.44. The fourth-order valence-corrected chi connectivity index (χ4v) is 2.33. The summed E-state index contributed by atoms with van der Waals surface area (Å²) < 4.78 is 5.31. The van der Waals surface area contributed by atoms with Crippen LogP contribution in [0, 0.1) is 0 Å². The van der Waals surface area contributed by atoms with Crippen LogP contribution in [0.15, 0.2) is 42.5 Å². The van der Waals surface area contributed by atoms with Crippen molar-refractivity contribution in [3.63, 3.8) is 0 Å². The van der Waals surface area contributed by atoms with Crippen molar-refractivity contribution in [1.29, 1.82) is 0 Å². The molecule has 0 saturated carbocycles. The van der Waals surface area contributed by atoms with Crippen LogP contribution in [-0.2, 0) is 6.54 Å². The quantitative estimate of drug-likeness (QED) is 0.674. The molecule has 6 heteroatoms. The Hall–Kier alpha value is -3.02. The van der Waals surface area contributed by atoms with Gasteiger partial charge in [0.2, 0.25) is 0 Å². The van der Waals surface area contributed by atoms with Crippen molar-refractivity contribution in [3.8, 4) is 5.75 Å². The number of methoxy groups -OCH3 is 1. The number of para-hydroxylation sites is 1. The SMILES string of the molecule is COc1ccccc1CNc1ccc2[nH]nc(C(=O)O)c2c1. The zero-order chi connectivity index (χ0) is 15.5. The maximum absolute atomic E-state index is 11.1. The highest BCUT2D eigenvalue weighted by molar-refractivity contribution is 6.01. The van der Waals surface area contributed by atoms with Gasteiger partial charge in [0.15, 0.2) is 5.69 Å². The Morgan fingerprint density at radius 3 is 2.91 bits per heavy atom. The number of aromatic amines is 1. The fourth-order valence-electron chi connectivity index (χ4n) is 2.33. The molecular formula is C16H15N3O3. The number of ether oxygens (including phenoxy) is 1. The van der Waals surface area contributed by atoms with Crippen LogP contribution in [0.1, 0.15) is 16.1 Å². The number of nitrogens with zero attached hydrogens (tertiary/aromatic N) is 1.